The molecule has 0 heterocycles. The van der Waals surface area contributed by atoms with Crippen molar-refractivity contribution in [1.82, 2.24) is 0 Å². The zero-order valence-electron chi connectivity index (χ0n) is 10.7. The van der Waals surface area contributed by atoms with Crippen LogP contribution in [-0.4, -0.2) is 20.3 Å². The quantitative estimate of drug-likeness (QED) is 0.870. The number of methoxy groups -OCH3 is 1. The van der Waals surface area contributed by atoms with Gasteiger partial charge in [0, 0.05) is 13.2 Å². The standard InChI is InChI=1S/C14H21NO2/c1-3-17-14(10-15)8-4-5-11-6-7-12(16-2)9-13(11)14/h6-7,9H,3-5,8,10,15H2,1-2H3. The predicted octanol–water partition coefficient (Wildman–Crippen LogP) is 2.22. The average molecular weight is 235 g/mol. The van der Waals surface area contributed by atoms with Gasteiger partial charge in [-0.05, 0) is 49.4 Å². The van der Waals surface area contributed by atoms with E-state index in [1.54, 1.807) is 7.11 Å². The monoisotopic (exact) mass is 235 g/mol. The summed E-state index contributed by atoms with van der Waals surface area (Å²) in [6.45, 7) is 3.24. The second-order valence-corrected chi connectivity index (χ2v) is 4.51. The van der Waals surface area contributed by atoms with E-state index in [9.17, 15) is 0 Å². The molecular weight excluding hydrogens is 214 g/mol. The van der Waals surface area contributed by atoms with Crippen LogP contribution in [0.4, 0.5) is 0 Å². The van der Waals surface area contributed by atoms with Crippen LogP contribution in [0.1, 0.15) is 30.9 Å². The summed E-state index contributed by atoms with van der Waals surface area (Å²) in [6, 6.07) is 6.23. The minimum atomic E-state index is -0.309. The van der Waals surface area contributed by atoms with Gasteiger partial charge >= 0.3 is 0 Å². The molecule has 0 spiro atoms. The lowest BCUT2D eigenvalue weighted by Gasteiger charge is -2.38. The van der Waals surface area contributed by atoms with E-state index in [0.29, 0.717) is 13.2 Å². The fourth-order valence-corrected chi connectivity index (χ4v) is 2.72. The number of ether oxygens (including phenoxy) is 2. The van der Waals surface area contributed by atoms with Crippen LogP contribution in [0.2, 0.25) is 0 Å². The SMILES string of the molecule is CCOC1(CN)CCCc2ccc(OC)cc21. The van der Waals surface area contributed by atoms with Gasteiger partial charge in [0.15, 0.2) is 0 Å². The summed E-state index contributed by atoms with van der Waals surface area (Å²) < 4.78 is 11.3. The summed E-state index contributed by atoms with van der Waals surface area (Å²) in [4.78, 5) is 0. The van der Waals surface area contributed by atoms with Gasteiger partial charge < -0.3 is 15.2 Å². The van der Waals surface area contributed by atoms with Gasteiger partial charge in [-0.1, -0.05) is 6.07 Å². The molecule has 0 bridgehead atoms. The molecule has 0 fully saturated rings. The van der Waals surface area contributed by atoms with Crippen LogP contribution >= 0.6 is 0 Å². The normalized spacial score (nSPS) is 23.2. The first-order valence-corrected chi connectivity index (χ1v) is 6.27. The van der Waals surface area contributed by atoms with Crippen LogP contribution in [-0.2, 0) is 16.8 Å². The number of hydrogen-bond acceptors (Lipinski definition) is 3. The lowest BCUT2D eigenvalue weighted by Crippen LogP contribution is -2.41. The molecule has 0 amide bonds. The third-order valence-corrected chi connectivity index (χ3v) is 3.58. The zero-order valence-corrected chi connectivity index (χ0v) is 10.7. The van der Waals surface area contributed by atoms with Gasteiger partial charge in [-0.25, -0.2) is 0 Å². The Morgan fingerprint density at radius 1 is 1.41 bits per heavy atom. The average Bonchev–Trinajstić information content (AvgIpc) is 2.39. The molecule has 2 N–H and O–H groups in total. The second-order valence-electron chi connectivity index (χ2n) is 4.51. The Kier molecular flexibility index (Phi) is 3.69. The second kappa shape index (κ2) is 5.07. The Balaban J connectivity index is 2.46. The molecule has 0 saturated heterocycles. The van der Waals surface area contributed by atoms with Crippen molar-refractivity contribution in [2.45, 2.75) is 31.8 Å². The highest BCUT2D eigenvalue weighted by atomic mass is 16.5. The van der Waals surface area contributed by atoms with E-state index >= 15 is 0 Å². The molecule has 94 valence electrons. The summed E-state index contributed by atoms with van der Waals surface area (Å²) in [5, 5.41) is 0. The molecule has 2 rings (SSSR count). The molecule has 1 unspecified atom stereocenters. The molecule has 3 heteroatoms. The van der Waals surface area contributed by atoms with Gasteiger partial charge in [-0.3, -0.25) is 0 Å². The summed E-state index contributed by atoms with van der Waals surface area (Å²) in [5.74, 6) is 0.878. The van der Waals surface area contributed by atoms with Crippen molar-refractivity contribution in [2.24, 2.45) is 5.73 Å². The topological polar surface area (TPSA) is 44.5 Å². The minimum absolute atomic E-state index is 0.309. The predicted molar refractivity (Wildman–Crippen MR) is 68.3 cm³/mol. The van der Waals surface area contributed by atoms with Crippen molar-refractivity contribution in [3.05, 3.63) is 29.3 Å². The van der Waals surface area contributed by atoms with Gasteiger partial charge in [-0.15, -0.1) is 0 Å². The lowest BCUT2D eigenvalue weighted by atomic mass is 9.79. The van der Waals surface area contributed by atoms with Gasteiger partial charge in [0.2, 0.25) is 0 Å². The van der Waals surface area contributed by atoms with Crippen molar-refractivity contribution < 1.29 is 9.47 Å². The smallest absolute Gasteiger partial charge is 0.119 e. The molecule has 3 nitrogen and oxygen atoms in total. The maximum Gasteiger partial charge on any atom is 0.119 e. The molecule has 1 aromatic carbocycles. The molecule has 0 saturated carbocycles. The molecule has 1 aliphatic rings. The van der Waals surface area contributed by atoms with Gasteiger partial charge in [0.05, 0.1) is 7.11 Å². The van der Waals surface area contributed by atoms with Crippen molar-refractivity contribution >= 4 is 0 Å². The molecule has 1 aliphatic carbocycles. The van der Waals surface area contributed by atoms with Crippen molar-refractivity contribution in [2.75, 3.05) is 20.3 Å². The summed E-state index contributed by atoms with van der Waals surface area (Å²) in [6.07, 6.45) is 3.24. The number of rotatable bonds is 4. The number of aryl methyl sites for hydroxylation is 1. The first-order valence-electron chi connectivity index (χ1n) is 6.27. The van der Waals surface area contributed by atoms with Gasteiger partial charge in [0.1, 0.15) is 11.4 Å². The zero-order chi connectivity index (χ0) is 12.3. The molecule has 1 atom stereocenters. The van der Waals surface area contributed by atoms with E-state index in [1.165, 1.54) is 11.1 Å². The van der Waals surface area contributed by atoms with Crippen LogP contribution < -0.4 is 10.5 Å². The number of fused-ring (bicyclic) bond motifs is 1. The fourth-order valence-electron chi connectivity index (χ4n) is 2.72. The van der Waals surface area contributed by atoms with Crippen LogP contribution in [0, 0.1) is 0 Å². The Morgan fingerprint density at radius 3 is 2.88 bits per heavy atom. The van der Waals surface area contributed by atoms with Crippen molar-refractivity contribution in [1.29, 1.82) is 0 Å². The summed E-state index contributed by atoms with van der Waals surface area (Å²) in [7, 11) is 1.69. The molecule has 17 heavy (non-hydrogen) atoms. The molecule has 0 aliphatic heterocycles. The van der Waals surface area contributed by atoms with E-state index in [0.717, 1.165) is 25.0 Å². The molecular formula is C14H21NO2. The molecule has 0 aromatic heterocycles. The maximum absolute atomic E-state index is 5.97. The third-order valence-electron chi connectivity index (χ3n) is 3.58. The summed E-state index contributed by atoms with van der Waals surface area (Å²) >= 11 is 0. The Hall–Kier alpha value is -1.06. The van der Waals surface area contributed by atoms with E-state index in [1.807, 2.05) is 13.0 Å². The molecule has 1 aromatic rings. The third kappa shape index (κ3) is 2.17. The number of nitrogens with two attached hydrogens (primary N) is 1. The van der Waals surface area contributed by atoms with Crippen LogP contribution in [0.25, 0.3) is 0 Å². The van der Waals surface area contributed by atoms with E-state index in [4.69, 9.17) is 15.2 Å². The number of hydrogen-bond donors (Lipinski definition) is 1. The first kappa shape index (κ1) is 12.4. The maximum atomic E-state index is 5.97. The van der Waals surface area contributed by atoms with Gasteiger partial charge in [-0.2, -0.15) is 0 Å². The van der Waals surface area contributed by atoms with Crippen LogP contribution in [0.5, 0.6) is 5.75 Å². The first-order chi connectivity index (χ1) is 8.25. The van der Waals surface area contributed by atoms with Crippen molar-refractivity contribution in [3.63, 3.8) is 0 Å². The van der Waals surface area contributed by atoms with Crippen molar-refractivity contribution in [3.8, 4) is 5.75 Å². The van der Waals surface area contributed by atoms with Crippen LogP contribution in [0.15, 0.2) is 18.2 Å². The Labute approximate surface area is 103 Å². The lowest BCUT2D eigenvalue weighted by molar-refractivity contribution is -0.0496. The molecule has 0 radical (unpaired) electrons. The van der Waals surface area contributed by atoms with E-state index in [2.05, 4.69) is 12.1 Å². The largest absolute Gasteiger partial charge is 0.497 e. The van der Waals surface area contributed by atoms with Crippen LogP contribution in [0.3, 0.4) is 0 Å². The highest BCUT2D eigenvalue weighted by Gasteiger charge is 2.36. The van der Waals surface area contributed by atoms with E-state index < -0.39 is 0 Å². The minimum Gasteiger partial charge on any atom is -0.497 e. The van der Waals surface area contributed by atoms with E-state index in [-0.39, 0.29) is 5.60 Å². The highest BCUT2D eigenvalue weighted by Crippen LogP contribution is 2.39. The highest BCUT2D eigenvalue weighted by molar-refractivity contribution is 5.41. The Bertz CT molecular complexity index is 392. The number of benzene rings is 1. The summed E-state index contributed by atoms with van der Waals surface area (Å²) in [5.41, 5.74) is 8.21. The fraction of sp³-hybridized carbons (Fsp3) is 0.571. The van der Waals surface area contributed by atoms with Gasteiger partial charge in [0.25, 0.3) is 0 Å². The Morgan fingerprint density at radius 2 is 2.24 bits per heavy atom.